The average molecular weight is 364 g/mol. The zero-order chi connectivity index (χ0) is 19.6. The van der Waals surface area contributed by atoms with Crippen molar-refractivity contribution in [1.82, 2.24) is 10.6 Å². The Labute approximate surface area is 154 Å². The summed E-state index contributed by atoms with van der Waals surface area (Å²) in [7, 11) is 1.49. The maximum Gasteiger partial charge on any atom is 0.408 e. The number of esters is 1. The van der Waals surface area contributed by atoms with Crippen molar-refractivity contribution in [3.63, 3.8) is 0 Å². The summed E-state index contributed by atoms with van der Waals surface area (Å²) in [4.78, 5) is 35.6. The van der Waals surface area contributed by atoms with Gasteiger partial charge >= 0.3 is 12.1 Å². The van der Waals surface area contributed by atoms with Gasteiger partial charge in [0.2, 0.25) is 5.91 Å². The molecule has 0 saturated carbocycles. The fourth-order valence-electron chi connectivity index (χ4n) is 2.15. The standard InChI is InChI=1S/C19H28N2O5/c1-19(2,3)26-18(24)21-15(17(23)20-4)11-8-12-16(22)25-13-14-9-6-5-7-10-14/h5-7,9-10,15H,8,11-13H2,1-4H3,(H,20,23)(H,21,24)/t15-/m1/s1. The molecular formula is C19H28N2O5. The van der Waals surface area contributed by atoms with E-state index in [1.54, 1.807) is 20.8 Å². The first-order valence-corrected chi connectivity index (χ1v) is 8.62. The van der Waals surface area contributed by atoms with Gasteiger partial charge in [-0.1, -0.05) is 30.3 Å². The number of hydrogen-bond acceptors (Lipinski definition) is 5. The van der Waals surface area contributed by atoms with E-state index in [1.165, 1.54) is 7.05 Å². The molecule has 0 heterocycles. The largest absolute Gasteiger partial charge is 0.461 e. The van der Waals surface area contributed by atoms with E-state index in [9.17, 15) is 14.4 Å². The molecular weight excluding hydrogens is 336 g/mol. The lowest BCUT2D eigenvalue weighted by molar-refractivity contribution is -0.145. The van der Waals surface area contributed by atoms with Crippen LogP contribution in [0.3, 0.4) is 0 Å². The normalized spacial score (nSPS) is 12.0. The molecule has 0 aliphatic carbocycles. The second kappa shape index (κ2) is 10.4. The summed E-state index contributed by atoms with van der Waals surface area (Å²) in [5.41, 5.74) is 0.258. The third kappa shape index (κ3) is 9.05. The van der Waals surface area contributed by atoms with Gasteiger partial charge in [-0.25, -0.2) is 4.79 Å². The van der Waals surface area contributed by atoms with Gasteiger partial charge in [-0.15, -0.1) is 0 Å². The van der Waals surface area contributed by atoms with Gasteiger partial charge in [0.05, 0.1) is 0 Å². The summed E-state index contributed by atoms with van der Waals surface area (Å²) in [6.07, 6.45) is 0.203. The van der Waals surface area contributed by atoms with E-state index in [0.29, 0.717) is 12.8 Å². The van der Waals surface area contributed by atoms with Crippen LogP contribution >= 0.6 is 0 Å². The van der Waals surface area contributed by atoms with Gasteiger partial charge in [-0.2, -0.15) is 0 Å². The fraction of sp³-hybridized carbons (Fsp3) is 0.526. The number of nitrogens with one attached hydrogen (secondary N) is 2. The van der Waals surface area contributed by atoms with Crippen LogP contribution in [0.25, 0.3) is 0 Å². The zero-order valence-corrected chi connectivity index (χ0v) is 15.8. The Morgan fingerprint density at radius 1 is 1.12 bits per heavy atom. The predicted molar refractivity (Wildman–Crippen MR) is 97.3 cm³/mol. The third-order valence-electron chi connectivity index (χ3n) is 3.37. The number of hydrogen-bond donors (Lipinski definition) is 2. The molecule has 0 unspecified atom stereocenters. The maximum absolute atomic E-state index is 11.9. The van der Waals surface area contributed by atoms with Crippen molar-refractivity contribution >= 4 is 18.0 Å². The van der Waals surface area contributed by atoms with E-state index in [4.69, 9.17) is 9.47 Å². The van der Waals surface area contributed by atoms with Crippen LogP contribution < -0.4 is 10.6 Å². The molecule has 0 bridgehead atoms. The molecule has 1 aromatic carbocycles. The van der Waals surface area contributed by atoms with Crippen molar-refractivity contribution in [3.8, 4) is 0 Å². The smallest absolute Gasteiger partial charge is 0.408 e. The van der Waals surface area contributed by atoms with Crippen LogP contribution in [0.2, 0.25) is 0 Å². The Balaban J connectivity index is 2.40. The SMILES string of the molecule is CNC(=O)[C@@H](CCCC(=O)OCc1ccccc1)NC(=O)OC(C)(C)C. The number of amides is 2. The molecule has 1 atom stereocenters. The molecule has 0 aliphatic rings. The lowest BCUT2D eigenvalue weighted by Gasteiger charge is -2.23. The van der Waals surface area contributed by atoms with E-state index in [0.717, 1.165) is 5.56 Å². The van der Waals surface area contributed by atoms with Crippen LogP contribution in [-0.2, 0) is 25.7 Å². The van der Waals surface area contributed by atoms with Crippen LogP contribution in [0.1, 0.15) is 45.6 Å². The highest BCUT2D eigenvalue weighted by Gasteiger charge is 2.23. The van der Waals surface area contributed by atoms with Crippen LogP contribution in [0.5, 0.6) is 0 Å². The molecule has 0 aliphatic heterocycles. The maximum atomic E-state index is 11.9. The molecule has 7 heteroatoms. The number of carbonyl (C=O) groups is 3. The minimum Gasteiger partial charge on any atom is -0.461 e. The van der Waals surface area contributed by atoms with Gasteiger partial charge in [0, 0.05) is 13.5 Å². The number of carbonyl (C=O) groups excluding carboxylic acids is 3. The molecule has 0 saturated heterocycles. The lowest BCUT2D eigenvalue weighted by atomic mass is 10.1. The van der Waals surface area contributed by atoms with Crippen molar-refractivity contribution in [1.29, 1.82) is 0 Å². The Bertz CT molecular complexity index is 596. The van der Waals surface area contributed by atoms with E-state index >= 15 is 0 Å². The lowest BCUT2D eigenvalue weighted by Crippen LogP contribution is -2.47. The van der Waals surface area contributed by atoms with Crippen LogP contribution in [0.15, 0.2) is 30.3 Å². The second-order valence-electron chi connectivity index (χ2n) is 6.85. The first-order chi connectivity index (χ1) is 12.2. The summed E-state index contributed by atoms with van der Waals surface area (Å²) in [6.45, 7) is 5.44. The highest BCUT2D eigenvalue weighted by Crippen LogP contribution is 2.09. The fourth-order valence-corrected chi connectivity index (χ4v) is 2.15. The quantitative estimate of drug-likeness (QED) is 0.692. The topological polar surface area (TPSA) is 93.7 Å². The highest BCUT2D eigenvalue weighted by molar-refractivity contribution is 5.85. The van der Waals surface area contributed by atoms with E-state index < -0.39 is 17.7 Å². The van der Waals surface area contributed by atoms with Gasteiger partial charge in [0.1, 0.15) is 18.2 Å². The highest BCUT2D eigenvalue weighted by atomic mass is 16.6. The molecule has 0 fully saturated rings. The van der Waals surface area contributed by atoms with Gasteiger partial charge in [-0.3, -0.25) is 9.59 Å². The Hall–Kier alpha value is -2.57. The molecule has 2 amide bonds. The number of ether oxygens (including phenoxy) is 2. The monoisotopic (exact) mass is 364 g/mol. The molecule has 2 N–H and O–H groups in total. The van der Waals surface area contributed by atoms with Crippen molar-refractivity contribution in [2.24, 2.45) is 0 Å². The van der Waals surface area contributed by atoms with Crippen molar-refractivity contribution in [3.05, 3.63) is 35.9 Å². The third-order valence-corrected chi connectivity index (χ3v) is 3.37. The minimum atomic E-state index is -0.767. The van der Waals surface area contributed by atoms with E-state index in [1.807, 2.05) is 30.3 Å². The summed E-state index contributed by atoms with van der Waals surface area (Å²) in [6, 6.07) is 8.62. The molecule has 0 aromatic heterocycles. The Morgan fingerprint density at radius 3 is 2.35 bits per heavy atom. The first-order valence-electron chi connectivity index (χ1n) is 8.62. The van der Waals surface area contributed by atoms with E-state index in [2.05, 4.69) is 10.6 Å². The number of benzene rings is 1. The summed E-state index contributed by atoms with van der Waals surface area (Å²) in [5, 5.41) is 5.02. The van der Waals surface area contributed by atoms with Gasteiger partial charge in [0.25, 0.3) is 0 Å². The van der Waals surface area contributed by atoms with Crippen LogP contribution in [0, 0.1) is 0 Å². The number of likely N-dealkylation sites (N-methyl/N-ethyl adjacent to an activating group) is 1. The molecule has 26 heavy (non-hydrogen) atoms. The number of alkyl carbamates (subject to hydrolysis) is 1. The van der Waals surface area contributed by atoms with Crippen molar-refractivity contribution in [2.75, 3.05) is 7.05 Å². The van der Waals surface area contributed by atoms with E-state index in [-0.39, 0.29) is 24.9 Å². The number of rotatable bonds is 8. The Morgan fingerprint density at radius 2 is 1.77 bits per heavy atom. The summed E-state index contributed by atoms with van der Waals surface area (Å²) < 4.78 is 10.3. The van der Waals surface area contributed by atoms with Gasteiger partial charge < -0.3 is 20.1 Å². The van der Waals surface area contributed by atoms with Crippen LogP contribution in [-0.4, -0.2) is 36.7 Å². The van der Waals surface area contributed by atoms with Crippen LogP contribution in [0.4, 0.5) is 4.79 Å². The van der Waals surface area contributed by atoms with Gasteiger partial charge in [-0.05, 0) is 39.2 Å². The molecule has 1 rings (SSSR count). The summed E-state index contributed by atoms with van der Waals surface area (Å²) >= 11 is 0. The van der Waals surface area contributed by atoms with Gasteiger partial charge in [0.15, 0.2) is 0 Å². The predicted octanol–water partition coefficient (Wildman–Crippen LogP) is 2.54. The first kappa shape index (κ1) is 21.5. The zero-order valence-electron chi connectivity index (χ0n) is 15.8. The van der Waals surface area contributed by atoms with Crippen molar-refractivity contribution < 1.29 is 23.9 Å². The summed E-state index contributed by atoms with van der Waals surface area (Å²) in [5.74, 6) is -0.685. The molecule has 0 radical (unpaired) electrons. The van der Waals surface area contributed by atoms with Crippen molar-refractivity contribution in [2.45, 2.75) is 58.3 Å². The minimum absolute atomic E-state index is 0.163. The Kier molecular flexibility index (Phi) is 8.61. The molecule has 144 valence electrons. The molecule has 7 nitrogen and oxygen atoms in total. The molecule has 1 aromatic rings. The average Bonchev–Trinajstić information content (AvgIpc) is 2.57. The molecule has 0 spiro atoms. The second-order valence-corrected chi connectivity index (χ2v) is 6.85.